The van der Waals surface area contributed by atoms with E-state index in [0.29, 0.717) is 11.6 Å². The van der Waals surface area contributed by atoms with Crippen LogP contribution in [0.5, 0.6) is 0 Å². The van der Waals surface area contributed by atoms with Gasteiger partial charge in [0.2, 0.25) is 5.78 Å². The Morgan fingerprint density at radius 1 is 1.00 bits per heavy atom. The van der Waals surface area contributed by atoms with Crippen LogP contribution < -0.4 is 5.32 Å². The van der Waals surface area contributed by atoms with E-state index in [1.165, 1.54) is 0 Å². The zero-order valence-corrected chi connectivity index (χ0v) is 15.0. The van der Waals surface area contributed by atoms with Gasteiger partial charge >= 0.3 is 5.97 Å². The summed E-state index contributed by atoms with van der Waals surface area (Å²) < 4.78 is 31.2. The number of ketones is 1. The Morgan fingerprint density at radius 3 is 2.44 bits per heavy atom. The van der Waals surface area contributed by atoms with Crippen molar-refractivity contribution in [3.05, 3.63) is 70.3 Å². The number of aryl methyl sites for hydroxylation is 2. The van der Waals surface area contributed by atoms with Crippen LogP contribution in [0.25, 0.3) is 0 Å². The molecule has 2 rings (SSSR count). The number of halogens is 2. The second-order valence-electron chi connectivity index (χ2n) is 6.03. The number of esters is 1. The molecule has 0 atom stereocenters. The molecule has 0 aliphatic heterocycles. The van der Waals surface area contributed by atoms with E-state index in [9.17, 15) is 23.2 Å². The van der Waals surface area contributed by atoms with Gasteiger partial charge in [-0.1, -0.05) is 17.7 Å². The van der Waals surface area contributed by atoms with Crippen LogP contribution in [0.15, 0.2) is 36.4 Å². The van der Waals surface area contributed by atoms with Crippen molar-refractivity contribution in [1.29, 1.82) is 0 Å². The summed E-state index contributed by atoms with van der Waals surface area (Å²) in [5.74, 6) is -3.54. The SMILES string of the molecule is Cc1ccc(C)c(C(=O)COC(=O)CCNC(=O)c2ccc(F)cc2F)c1. The highest BCUT2D eigenvalue weighted by Crippen LogP contribution is 2.12. The first kappa shape index (κ1) is 20.2. The summed E-state index contributed by atoms with van der Waals surface area (Å²) in [7, 11) is 0. The summed E-state index contributed by atoms with van der Waals surface area (Å²) in [5, 5.41) is 2.34. The van der Waals surface area contributed by atoms with Crippen molar-refractivity contribution in [2.24, 2.45) is 0 Å². The van der Waals surface area contributed by atoms with Gasteiger partial charge in [0, 0.05) is 18.2 Å². The number of carbonyl (C=O) groups excluding carboxylic acids is 3. The predicted octanol–water partition coefficient (Wildman–Crippen LogP) is 3.13. The molecule has 27 heavy (non-hydrogen) atoms. The van der Waals surface area contributed by atoms with Crippen LogP contribution in [0.3, 0.4) is 0 Å². The number of nitrogens with one attached hydrogen (secondary N) is 1. The third kappa shape index (κ3) is 5.70. The average molecular weight is 375 g/mol. The molecule has 0 spiro atoms. The van der Waals surface area contributed by atoms with Gasteiger partial charge < -0.3 is 10.1 Å². The Morgan fingerprint density at radius 2 is 1.74 bits per heavy atom. The minimum Gasteiger partial charge on any atom is -0.457 e. The Hall–Kier alpha value is -3.09. The van der Waals surface area contributed by atoms with Gasteiger partial charge in [0.25, 0.3) is 5.91 Å². The van der Waals surface area contributed by atoms with Crippen molar-refractivity contribution in [2.75, 3.05) is 13.2 Å². The summed E-state index contributed by atoms with van der Waals surface area (Å²) in [4.78, 5) is 35.6. The van der Waals surface area contributed by atoms with Crippen molar-refractivity contribution >= 4 is 17.7 Å². The van der Waals surface area contributed by atoms with Crippen LogP contribution in [0.1, 0.15) is 38.3 Å². The van der Waals surface area contributed by atoms with E-state index < -0.39 is 30.1 Å². The molecular formula is C20H19F2NO4. The molecule has 0 heterocycles. The monoisotopic (exact) mass is 375 g/mol. The number of benzene rings is 2. The van der Waals surface area contributed by atoms with Crippen LogP contribution in [0.4, 0.5) is 8.78 Å². The van der Waals surface area contributed by atoms with E-state index in [0.717, 1.165) is 23.3 Å². The summed E-state index contributed by atoms with van der Waals surface area (Å²) >= 11 is 0. The fourth-order valence-corrected chi connectivity index (χ4v) is 2.38. The smallest absolute Gasteiger partial charge is 0.308 e. The highest BCUT2D eigenvalue weighted by Gasteiger charge is 2.15. The highest BCUT2D eigenvalue weighted by molar-refractivity contribution is 5.99. The standard InChI is InChI=1S/C20H19F2NO4/c1-12-3-4-13(2)16(9-12)18(24)11-27-19(25)7-8-23-20(26)15-6-5-14(21)10-17(15)22/h3-6,9-10H,7-8,11H2,1-2H3,(H,23,26). The summed E-state index contributed by atoms with van der Waals surface area (Å²) in [6, 6.07) is 8.00. The lowest BCUT2D eigenvalue weighted by atomic mass is 10.0. The van der Waals surface area contributed by atoms with E-state index in [4.69, 9.17) is 4.74 Å². The molecular weight excluding hydrogens is 356 g/mol. The maximum Gasteiger partial charge on any atom is 0.308 e. The summed E-state index contributed by atoms with van der Waals surface area (Å²) in [5.41, 5.74) is 1.87. The zero-order chi connectivity index (χ0) is 20.0. The molecule has 0 aliphatic carbocycles. The highest BCUT2D eigenvalue weighted by atomic mass is 19.1. The van der Waals surface area contributed by atoms with Crippen LogP contribution >= 0.6 is 0 Å². The third-order valence-corrected chi connectivity index (χ3v) is 3.85. The van der Waals surface area contributed by atoms with Crippen molar-refractivity contribution in [2.45, 2.75) is 20.3 Å². The topological polar surface area (TPSA) is 72.5 Å². The molecule has 0 aromatic heterocycles. The second kappa shape index (κ2) is 9.02. The first-order chi connectivity index (χ1) is 12.8. The summed E-state index contributed by atoms with van der Waals surface area (Å²) in [6.45, 7) is 3.14. The quantitative estimate of drug-likeness (QED) is 0.596. The van der Waals surface area contributed by atoms with Crippen molar-refractivity contribution in [3.63, 3.8) is 0 Å². The lowest BCUT2D eigenvalue weighted by Gasteiger charge is -2.08. The Kier molecular flexibility index (Phi) is 6.76. The number of hydrogen-bond donors (Lipinski definition) is 1. The summed E-state index contributed by atoms with van der Waals surface area (Å²) in [6.07, 6.45) is -0.186. The number of rotatable bonds is 7. The molecule has 2 aromatic carbocycles. The predicted molar refractivity (Wildman–Crippen MR) is 94.5 cm³/mol. The van der Waals surface area contributed by atoms with Crippen LogP contribution in [0.2, 0.25) is 0 Å². The first-order valence-corrected chi connectivity index (χ1v) is 8.27. The number of hydrogen-bond acceptors (Lipinski definition) is 4. The number of Topliss-reactive ketones (excluding diaryl/α,β-unsaturated/α-hetero) is 1. The molecule has 142 valence electrons. The van der Waals surface area contributed by atoms with Crippen molar-refractivity contribution in [1.82, 2.24) is 5.32 Å². The fourth-order valence-electron chi connectivity index (χ4n) is 2.38. The second-order valence-corrected chi connectivity index (χ2v) is 6.03. The molecule has 0 saturated carbocycles. The van der Waals surface area contributed by atoms with Gasteiger partial charge in [0.15, 0.2) is 6.61 Å². The van der Waals surface area contributed by atoms with Gasteiger partial charge in [0.1, 0.15) is 11.6 Å². The molecule has 1 N–H and O–H groups in total. The Bertz CT molecular complexity index is 880. The molecule has 0 bridgehead atoms. The molecule has 0 fully saturated rings. The molecule has 1 amide bonds. The number of amides is 1. The average Bonchev–Trinajstić information content (AvgIpc) is 2.61. The zero-order valence-electron chi connectivity index (χ0n) is 15.0. The van der Waals surface area contributed by atoms with E-state index in [2.05, 4.69) is 5.32 Å². The van der Waals surface area contributed by atoms with Crippen LogP contribution in [0, 0.1) is 25.5 Å². The lowest BCUT2D eigenvalue weighted by molar-refractivity contribution is -0.142. The normalized spacial score (nSPS) is 10.4. The Balaban J connectivity index is 1.78. The van der Waals surface area contributed by atoms with Gasteiger partial charge in [-0.05, 0) is 37.6 Å². The molecule has 0 aliphatic rings. The van der Waals surface area contributed by atoms with Crippen LogP contribution in [-0.2, 0) is 9.53 Å². The van der Waals surface area contributed by atoms with Gasteiger partial charge in [-0.2, -0.15) is 0 Å². The maximum atomic E-state index is 13.5. The number of carbonyl (C=O) groups is 3. The van der Waals surface area contributed by atoms with E-state index >= 15 is 0 Å². The lowest BCUT2D eigenvalue weighted by Crippen LogP contribution is -2.27. The Labute approximate surface area is 155 Å². The van der Waals surface area contributed by atoms with E-state index in [1.807, 2.05) is 19.1 Å². The van der Waals surface area contributed by atoms with E-state index in [1.54, 1.807) is 13.0 Å². The van der Waals surface area contributed by atoms with Crippen molar-refractivity contribution in [3.8, 4) is 0 Å². The van der Waals surface area contributed by atoms with E-state index in [-0.39, 0.29) is 24.3 Å². The minimum absolute atomic E-state index is 0.105. The molecule has 2 aromatic rings. The molecule has 0 unspecified atom stereocenters. The largest absolute Gasteiger partial charge is 0.457 e. The van der Waals surface area contributed by atoms with Gasteiger partial charge in [-0.25, -0.2) is 8.78 Å². The molecule has 7 heteroatoms. The molecule has 5 nitrogen and oxygen atoms in total. The minimum atomic E-state index is -0.991. The third-order valence-electron chi connectivity index (χ3n) is 3.85. The molecule has 0 radical (unpaired) electrons. The molecule has 0 saturated heterocycles. The van der Waals surface area contributed by atoms with Gasteiger partial charge in [0.05, 0.1) is 12.0 Å². The van der Waals surface area contributed by atoms with Gasteiger partial charge in [-0.3, -0.25) is 14.4 Å². The van der Waals surface area contributed by atoms with Crippen LogP contribution in [-0.4, -0.2) is 30.8 Å². The van der Waals surface area contributed by atoms with Crippen molar-refractivity contribution < 1.29 is 27.9 Å². The maximum absolute atomic E-state index is 13.5. The fraction of sp³-hybridized carbons (Fsp3) is 0.250. The first-order valence-electron chi connectivity index (χ1n) is 8.27. The van der Waals surface area contributed by atoms with Gasteiger partial charge in [-0.15, -0.1) is 0 Å². The number of ether oxygens (including phenoxy) is 1.